The molecular weight excluding hydrogens is 397 g/mol. The van der Waals surface area contributed by atoms with Gasteiger partial charge in [-0.2, -0.15) is 9.78 Å². The van der Waals surface area contributed by atoms with E-state index in [9.17, 15) is 24.2 Å². The summed E-state index contributed by atoms with van der Waals surface area (Å²) in [5.41, 5.74) is 0.178. The zero-order valence-electron chi connectivity index (χ0n) is 15.4. The van der Waals surface area contributed by atoms with Crippen molar-refractivity contribution < 1.29 is 33.7 Å². The molecule has 1 aromatic heterocycles. The zero-order chi connectivity index (χ0) is 21.3. The van der Waals surface area contributed by atoms with Crippen molar-refractivity contribution >= 4 is 11.9 Å². The van der Waals surface area contributed by atoms with Gasteiger partial charge in [0.05, 0.1) is 12.5 Å². The van der Waals surface area contributed by atoms with Gasteiger partial charge in [0.1, 0.15) is 11.5 Å². The summed E-state index contributed by atoms with van der Waals surface area (Å²) in [5.74, 6) is -2.18. The van der Waals surface area contributed by atoms with E-state index >= 15 is 0 Å². The predicted octanol–water partition coefficient (Wildman–Crippen LogP) is 2.39. The molecule has 2 aromatic carbocycles. The molecule has 10 heteroatoms. The first-order valence-electron chi connectivity index (χ1n) is 8.89. The molecule has 3 N–H and O–H groups in total. The third-order valence-electron chi connectivity index (χ3n) is 4.49. The molecule has 0 aliphatic carbocycles. The average Bonchev–Trinajstić information content (AvgIpc) is 3.34. The van der Waals surface area contributed by atoms with Crippen LogP contribution in [0.2, 0.25) is 0 Å². The summed E-state index contributed by atoms with van der Waals surface area (Å²) in [6.07, 6.45) is -0.425. The van der Waals surface area contributed by atoms with Crippen molar-refractivity contribution in [1.29, 1.82) is 0 Å². The molecule has 0 spiro atoms. The minimum atomic E-state index is -1.14. The van der Waals surface area contributed by atoms with Crippen molar-refractivity contribution in [2.75, 3.05) is 6.79 Å². The fourth-order valence-electron chi connectivity index (χ4n) is 3.16. The number of hydrogen-bond donors (Lipinski definition) is 3. The van der Waals surface area contributed by atoms with Gasteiger partial charge in [-0.1, -0.05) is 24.3 Å². The number of fused-ring (bicyclic) bond motifs is 1. The largest absolute Gasteiger partial charge is 0.493 e. The summed E-state index contributed by atoms with van der Waals surface area (Å²) in [7, 11) is 0. The standard InChI is InChI=1S/C20H16FN3O6/c21-12-5-1-2-6-15(12)24-17(25)8-14(23-24)20(28)22-13(9-18(26)27)11-4-3-7-16-19(11)30-10-29-16/h1-8,13,25H,9-10H2,(H,22,28)(H,26,27). The quantitative estimate of drug-likeness (QED) is 0.567. The maximum Gasteiger partial charge on any atom is 0.305 e. The highest BCUT2D eigenvalue weighted by molar-refractivity contribution is 5.93. The lowest BCUT2D eigenvalue weighted by molar-refractivity contribution is -0.137. The van der Waals surface area contributed by atoms with Gasteiger partial charge in [-0.05, 0) is 18.2 Å². The van der Waals surface area contributed by atoms with E-state index in [4.69, 9.17) is 9.47 Å². The van der Waals surface area contributed by atoms with Gasteiger partial charge in [-0.3, -0.25) is 9.59 Å². The van der Waals surface area contributed by atoms with Crippen LogP contribution in [0.15, 0.2) is 48.5 Å². The highest BCUT2D eigenvalue weighted by Crippen LogP contribution is 2.39. The van der Waals surface area contributed by atoms with Crippen LogP contribution in [-0.2, 0) is 4.79 Å². The van der Waals surface area contributed by atoms with Crippen molar-refractivity contribution in [3.8, 4) is 23.1 Å². The molecule has 1 amide bonds. The van der Waals surface area contributed by atoms with E-state index in [0.29, 0.717) is 17.1 Å². The van der Waals surface area contributed by atoms with E-state index in [1.807, 2.05) is 0 Å². The fourth-order valence-corrected chi connectivity index (χ4v) is 3.16. The number of para-hydroxylation sites is 2. The average molecular weight is 413 g/mol. The van der Waals surface area contributed by atoms with Crippen LogP contribution in [0.1, 0.15) is 28.5 Å². The van der Waals surface area contributed by atoms with E-state index in [-0.39, 0.29) is 18.2 Å². The first kappa shape index (κ1) is 19.2. The maximum atomic E-state index is 14.0. The highest BCUT2D eigenvalue weighted by Gasteiger charge is 2.28. The summed E-state index contributed by atoms with van der Waals surface area (Å²) >= 11 is 0. The molecule has 1 aliphatic heterocycles. The number of carboxylic acid groups (broad SMARTS) is 1. The Kier molecular flexibility index (Phi) is 4.97. The Labute approximate surface area is 169 Å². The number of benzene rings is 2. The maximum absolute atomic E-state index is 14.0. The number of halogens is 1. The molecule has 0 saturated carbocycles. The number of rotatable bonds is 6. The minimum absolute atomic E-state index is 0.0129. The number of aromatic nitrogens is 2. The zero-order valence-corrected chi connectivity index (χ0v) is 15.4. The second-order valence-corrected chi connectivity index (χ2v) is 6.46. The number of nitrogens with zero attached hydrogens (tertiary/aromatic N) is 2. The number of ether oxygens (including phenoxy) is 2. The van der Waals surface area contributed by atoms with Crippen LogP contribution in [0.4, 0.5) is 4.39 Å². The number of carbonyl (C=O) groups excluding carboxylic acids is 1. The number of nitrogens with one attached hydrogen (secondary N) is 1. The molecule has 0 fully saturated rings. The molecular formula is C20H16FN3O6. The van der Waals surface area contributed by atoms with Crippen LogP contribution in [0, 0.1) is 5.82 Å². The lowest BCUT2D eigenvalue weighted by atomic mass is 10.0. The second kappa shape index (κ2) is 7.74. The number of carbonyl (C=O) groups is 2. The van der Waals surface area contributed by atoms with Crippen LogP contribution in [0.25, 0.3) is 5.69 Å². The molecule has 1 unspecified atom stereocenters. The summed E-state index contributed by atoms with van der Waals surface area (Å²) < 4.78 is 25.6. The van der Waals surface area contributed by atoms with Gasteiger partial charge in [0, 0.05) is 11.6 Å². The lowest BCUT2D eigenvalue weighted by Gasteiger charge is -2.18. The molecule has 3 aromatic rings. The van der Waals surface area contributed by atoms with E-state index in [1.165, 1.54) is 18.2 Å². The summed E-state index contributed by atoms with van der Waals surface area (Å²) in [6, 6.07) is 10.7. The summed E-state index contributed by atoms with van der Waals surface area (Å²) in [5, 5.41) is 25.9. The van der Waals surface area contributed by atoms with Crippen molar-refractivity contribution in [2.45, 2.75) is 12.5 Å². The van der Waals surface area contributed by atoms with E-state index in [0.717, 1.165) is 10.7 Å². The first-order valence-corrected chi connectivity index (χ1v) is 8.89. The Morgan fingerprint density at radius 2 is 2.00 bits per heavy atom. The Balaban J connectivity index is 1.63. The molecule has 0 saturated heterocycles. The topological polar surface area (TPSA) is 123 Å². The highest BCUT2D eigenvalue weighted by atomic mass is 19.1. The van der Waals surface area contributed by atoms with Crippen LogP contribution in [0.5, 0.6) is 17.4 Å². The molecule has 1 aliphatic rings. The third kappa shape index (κ3) is 3.62. The van der Waals surface area contributed by atoms with Gasteiger partial charge in [-0.25, -0.2) is 4.39 Å². The van der Waals surface area contributed by atoms with Gasteiger partial charge < -0.3 is 25.0 Å². The number of aromatic hydroxyl groups is 1. The first-order chi connectivity index (χ1) is 14.4. The van der Waals surface area contributed by atoms with Crippen LogP contribution >= 0.6 is 0 Å². The molecule has 4 rings (SSSR count). The summed E-state index contributed by atoms with van der Waals surface area (Å²) in [6.45, 7) is -0.0129. The van der Waals surface area contributed by atoms with Crippen LogP contribution in [0.3, 0.4) is 0 Å². The van der Waals surface area contributed by atoms with Gasteiger partial charge in [-0.15, -0.1) is 0 Å². The number of hydrogen-bond acceptors (Lipinski definition) is 6. The van der Waals surface area contributed by atoms with Gasteiger partial charge in [0.15, 0.2) is 17.2 Å². The van der Waals surface area contributed by atoms with Gasteiger partial charge in [0.2, 0.25) is 12.7 Å². The third-order valence-corrected chi connectivity index (χ3v) is 4.49. The molecule has 9 nitrogen and oxygen atoms in total. The van der Waals surface area contributed by atoms with Crippen LogP contribution in [-0.4, -0.2) is 38.7 Å². The number of carboxylic acids is 1. The fraction of sp³-hybridized carbons (Fsp3) is 0.150. The minimum Gasteiger partial charge on any atom is -0.493 e. The van der Waals surface area contributed by atoms with Gasteiger partial charge in [0.25, 0.3) is 5.91 Å². The van der Waals surface area contributed by atoms with Crippen molar-refractivity contribution in [3.63, 3.8) is 0 Å². The molecule has 2 heterocycles. The van der Waals surface area contributed by atoms with E-state index in [1.54, 1.807) is 24.3 Å². The lowest BCUT2D eigenvalue weighted by Crippen LogP contribution is -2.30. The molecule has 30 heavy (non-hydrogen) atoms. The number of aliphatic carboxylic acids is 1. The molecule has 1 atom stereocenters. The molecule has 0 bridgehead atoms. The number of amides is 1. The Morgan fingerprint density at radius 3 is 2.77 bits per heavy atom. The van der Waals surface area contributed by atoms with E-state index < -0.39 is 36.0 Å². The van der Waals surface area contributed by atoms with Crippen LogP contribution < -0.4 is 14.8 Å². The second-order valence-electron chi connectivity index (χ2n) is 6.46. The predicted molar refractivity (Wildman–Crippen MR) is 100 cm³/mol. The normalized spacial score (nSPS) is 13.1. The summed E-state index contributed by atoms with van der Waals surface area (Å²) in [4.78, 5) is 24.1. The molecule has 0 radical (unpaired) electrons. The van der Waals surface area contributed by atoms with Crippen molar-refractivity contribution in [3.05, 3.63) is 65.6 Å². The Morgan fingerprint density at radius 1 is 1.20 bits per heavy atom. The van der Waals surface area contributed by atoms with Crippen molar-refractivity contribution in [1.82, 2.24) is 15.1 Å². The molecule has 154 valence electrons. The van der Waals surface area contributed by atoms with E-state index in [2.05, 4.69) is 10.4 Å². The van der Waals surface area contributed by atoms with Crippen molar-refractivity contribution in [2.24, 2.45) is 0 Å². The monoisotopic (exact) mass is 413 g/mol. The van der Waals surface area contributed by atoms with Gasteiger partial charge >= 0.3 is 5.97 Å². The Bertz CT molecular complexity index is 1130. The Hall–Kier alpha value is -4.08. The SMILES string of the molecule is O=C(O)CC(NC(=O)c1cc(O)n(-c2ccccc2F)n1)c1cccc2c1OCO2. The smallest absolute Gasteiger partial charge is 0.305 e.